The molecule has 4 aromatic carbocycles. The van der Waals surface area contributed by atoms with Crippen LogP contribution in [0, 0.1) is 28.1 Å². The number of halogens is 2. The van der Waals surface area contributed by atoms with Crippen LogP contribution in [0.1, 0.15) is 102 Å². The molecule has 1 spiro atoms. The molecule has 0 aromatic heterocycles. The molecule has 3 saturated carbocycles. The van der Waals surface area contributed by atoms with Crippen molar-refractivity contribution in [3.05, 3.63) is 71.8 Å². The monoisotopic (exact) mass is 1060 g/mol. The molecule has 3 aliphatic heterocycles. The molecule has 10 rings (SSSR count). The van der Waals surface area contributed by atoms with Gasteiger partial charge >= 0.3 is 7.82 Å². The third kappa shape index (κ3) is 8.37. The maximum atomic E-state index is 15.1. The third-order valence-corrected chi connectivity index (χ3v) is 17.8. The topological polar surface area (TPSA) is 232 Å². The quantitative estimate of drug-likeness (QED) is 0.0289. The Kier molecular flexibility index (Phi) is 13.0. The Morgan fingerprint density at radius 2 is 1.33 bits per heavy atom. The van der Waals surface area contributed by atoms with Crippen molar-refractivity contribution < 1.29 is 52.4 Å². The highest BCUT2D eigenvalue weighted by atomic mass is 35.5. The minimum Gasteiger partial charge on any atom is -0.404 e. The SMILES string of the molecule is CC1CC(=O)N(CCCCCC(=O)NC(C(=O)N[C@@H](C)C(=O)Nc2cc3c(c4ccccc24)[C@H](CCl)CN3C(=O)C23CC4(C(=O)N5CC(CCl)c6c5cc(OP(=O)(O)O)c5ccccc65)CC42C3)C(C)C)C1=O. The zero-order chi connectivity index (χ0) is 52.1. The molecule has 0 bridgehead atoms. The molecule has 6 aliphatic rings. The molecule has 3 heterocycles. The first-order valence-electron chi connectivity index (χ1n) is 25.1. The first-order valence-corrected chi connectivity index (χ1v) is 27.7. The first kappa shape index (κ1) is 50.9. The maximum Gasteiger partial charge on any atom is 0.524 e. The van der Waals surface area contributed by atoms with Crippen LogP contribution >= 0.6 is 31.0 Å². The molecule has 386 valence electrons. The number of likely N-dealkylation sites (tertiary alicyclic amines) is 1. The normalized spacial score (nSPS) is 26.2. The lowest BCUT2D eigenvalue weighted by Crippen LogP contribution is -2.53. The first-order chi connectivity index (χ1) is 34.7. The average molecular weight is 1060 g/mol. The summed E-state index contributed by atoms with van der Waals surface area (Å²) in [5, 5.41) is 11.3. The van der Waals surface area contributed by atoms with E-state index in [1.165, 1.54) is 11.0 Å². The Balaban J connectivity index is 0.820. The second-order valence-corrected chi connectivity index (χ2v) is 23.2. The van der Waals surface area contributed by atoms with Gasteiger partial charge in [0.2, 0.25) is 41.4 Å². The number of unbranched alkanes of at least 4 members (excludes halogenated alkanes) is 2. The Bertz CT molecular complexity index is 3090. The molecule has 7 amide bonds. The van der Waals surface area contributed by atoms with Crippen molar-refractivity contribution in [3.63, 3.8) is 0 Å². The fourth-order valence-corrected chi connectivity index (χ4v) is 13.8. The Morgan fingerprint density at radius 1 is 0.767 bits per heavy atom. The fourth-order valence-electron chi connectivity index (χ4n) is 12.9. The number of hydrogen-bond acceptors (Lipinski definition) is 9. The highest BCUT2D eigenvalue weighted by Crippen LogP contribution is 3.01. The van der Waals surface area contributed by atoms with Gasteiger partial charge in [0.15, 0.2) is 0 Å². The highest BCUT2D eigenvalue weighted by Gasteiger charge is 3.01. The lowest BCUT2D eigenvalue weighted by molar-refractivity contribution is -0.139. The molecule has 17 nitrogen and oxygen atoms in total. The van der Waals surface area contributed by atoms with Crippen LogP contribution in [0.4, 0.5) is 17.1 Å². The van der Waals surface area contributed by atoms with E-state index < -0.39 is 48.0 Å². The van der Waals surface area contributed by atoms with Gasteiger partial charge in [-0.05, 0) is 72.9 Å². The van der Waals surface area contributed by atoms with E-state index >= 15 is 4.79 Å². The zero-order valence-electron chi connectivity index (χ0n) is 41.0. The van der Waals surface area contributed by atoms with Crippen molar-refractivity contribution in [3.8, 4) is 5.75 Å². The van der Waals surface area contributed by atoms with Crippen molar-refractivity contribution in [1.82, 2.24) is 15.5 Å². The van der Waals surface area contributed by atoms with E-state index in [1.807, 2.05) is 36.4 Å². The number of nitrogens with zero attached hydrogens (tertiary/aromatic N) is 3. The van der Waals surface area contributed by atoms with E-state index in [1.54, 1.807) is 55.7 Å². The summed E-state index contributed by atoms with van der Waals surface area (Å²) in [5.74, 6) is -2.66. The van der Waals surface area contributed by atoms with Gasteiger partial charge in [0.25, 0.3) is 0 Å². The summed E-state index contributed by atoms with van der Waals surface area (Å²) < 4.78 is 17.2. The van der Waals surface area contributed by atoms with E-state index in [0.29, 0.717) is 79.4 Å². The highest BCUT2D eigenvalue weighted by molar-refractivity contribution is 7.46. The van der Waals surface area contributed by atoms with E-state index in [2.05, 4.69) is 16.0 Å². The predicted octanol–water partition coefficient (Wildman–Crippen LogP) is 7.21. The molecule has 6 unspecified atom stereocenters. The largest absolute Gasteiger partial charge is 0.524 e. The summed E-state index contributed by atoms with van der Waals surface area (Å²) in [4.78, 5) is 119. The standard InChI is InChI=1S/C53H59Cl2N6O11P/c1-28(2)45(58-41(62)16-6-5-11-17-59-42(63)18-29(3)48(59)66)47(65)56-30(4)46(64)57-37-19-38-43(35-14-9-7-12-33(35)37)31(21-54)23-60(38)49(67)51-25-52(27-53(51,52)26-51)50(68)61-24-32(22-55)44-36-15-10-8-13-34(36)40(20-39(44)61)72-73(69,70)71/h7-10,12-15,19-20,28-32,45H,5-6,11,16-18,21-27H2,1-4H3,(H,56,65)(H,57,64)(H,58,62)(H2,69,70,71)/t29?,30-,31+,32?,45?,51?,52?,53?/m0/s1. The van der Waals surface area contributed by atoms with Crippen LogP contribution in [0.3, 0.4) is 0 Å². The molecule has 4 aromatic rings. The number of benzene rings is 4. The van der Waals surface area contributed by atoms with Gasteiger partial charge < -0.3 is 30.3 Å². The molecular weight excluding hydrogens is 998 g/mol. The number of imide groups is 1. The summed E-state index contributed by atoms with van der Waals surface area (Å²) in [6.07, 6.45) is 3.44. The molecule has 8 atom stereocenters. The Hall–Kier alpha value is -5.58. The van der Waals surface area contributed by atoms with E-state index in [9.17, 15) is 43.1 Å². The van der Waals surface area contributed by atoms with Crippen LogP contribution in [0.2, 0.25) is 0 Å². The number of phosphoric acid groups is 1. The van der Waals surface area contributed by atoms with Crippen LogP contribution in [-0.2, 0) is 38.1 Å². The van der Waals surface area contributed by atoms with Gasteiger partial charge in [-0.3, -0.25) is 48.2 Å². The number of amides is 7. The number of carbonyl (C=O) groups is 7. The number of carbonyl (C=O) groups excluding carboxylic acids is 7. The fraction of sp³-hybridized carbons (Fsp3) is 0.491. The predicted molar refractivity (Wildman–Crippen MR) is 275 cm³/mol. The molecular formula is C53H59Cl2N6O11P. The van der Waals surface area contributed by atoms with Crippen LogP contribution < -0.4 is 30.3 Å². The van der Waals surface area contributed by atoms with Gasteiger partial charge in [-0.25, -0.2) is 4.57 Å². The van der Waals surface area contributed by atoms with Gasteiger partial charge in [-0.2, -0.15) is 0 Å². The number of rotatable bonds is 18. The molecule has 73 heavy (non-hydrogen) atoms. The van der Waals surface area contributed by atoms with Gasteiger partial charge in [-0.1, -0.05) is 75.7 Å². The van der Waals surface area contributed by atoms with Crippen LogP contribution in [0.5, 0.6) is 5.75 Å². The number of anilines is 3. The number of alkyl halides is 2. The zero-order valence-corrected chi connectivity index (χ0v) is 43.4. The summed E-state index contributed by atoms with van der Waals surface area (Å²) in [6, 6.07) is 16.0. The minimum absolute atomic E-state index is 0.0442. The van der Waals surface area contributed by atoms with Crippen LogP contribution in [0.25, 0.3) is 21.5 Å². The molecule has 3 aliphatic carbocycles. The number of fused-ring (bicyclic) bond motifs is 6. The van der Waals surface area contributed by atoms with Gasteiger partial charge in [0.1, 0.15) is 17.8 Å². The minimum atomic E-state index is -4.96. The molecule has 5 N–H and O–H groups in total. The number of nitrogens with one attached hydrogen (secondary N) is 3. The summed E-state index contributed by atoms with van der Waals surface area (Å²) in [7, 11) is -4.96. The van der Waals surface area contributed by atoms with Gasteiger partial charge in [0, 0.05) is 89.9 Å². The van der Waals surface area contributed by atoms with E-state index in [4.69, 9.17) is 27.7 Å². The van der Waals surface area contributed by atoms with Gasteiger partial charge in [-0.15, -0.1) is 23.2 Å². The maximum absolute atomic E-state index is 15.1. The number of hydrogen-bond donors (Lipinski definition) is 5. The smallest absolute Gasteiger partial charge is 0.404 e. The van der Waals surface area contributed by atoms with Crippen molar-refractivity contribution in [2.45, 2.75) is 103 Å². The average Bonchev–Trinajstić information content (AvgIpc) is 3.76. The third-order valence-electron chi connectivity index (χ3n) is 16.6. The summed E-state index contributed by atoms with van der Waals surface area (Å²) >= 11 is 13.2. The van der Waals surface area contributed by atoms with Crippen LogP contribution in [0.15, 0.2) is 60.7 Å². The Morgan fingerprint density at radius 3 is 1.86 bits per heavy atom. The second kappa shape index (κ2) is 18.7. The lowest BCUT2D eigenvalue weighted by Gasteiger charge is -2.37. The van der Waals surface area contributed by atoms with Crippen LogP contribution in [-0.4, -0.2) is 99.5 Å². The van der Waals surface area contributed by atoms with Crippen molar-refractivity contribution in [2.24, 2.45) is 28.1 Å². The molecule has 1 saturated heterocycles. The van der Waals surface area contributed by atoms with E-state index in [0.717, 1.165) is 21.9 Å². The van der Waals surface area contributed by atoms with Crippen molar-refractivity contribution >= 4 is 111 Å². The molecule has 20 heteroatoms. The molecule has 4 fully saturated rings. The van der Waals surface area contributed by atoms with Crippen molar-refractivity contribution in [1.29, 1.82) is 0 Å². The molecule has 0 radical (unpaired) electrons. The lowest BCUT2D eigenvalue weighted by atomic mass is 9.72. The summed E-state index contributed by atoms with van der Waals surface area (Å²) in [5.41, 5.74) is 1.11. The van der Waals surface area contributed by atoms with Gasteiger partial charge in [0.05, 0.1) is 22.2 Å². The van der Waals surface area contributed by atoms with E-state index in [-0.39, 0.29) is 90.1 Å². The Labute approximate surface area is 432 Å². The summed E-state index contributed by atoms with van der Waals surface area (Å²) in [6.45, 7) is 7.77. The number of phosphoric ester groups is 1. The second-order valence-electron chi connectivity index (χ2n) is 21.5. The van der Waals surface area contributed by atoms with Crippen molar-refractivity contribution in [2.75, 3.05) is 46.5 Å².